The van der Waals surface area contributed by atoms with Crippen molar-refractivity contribution < 1.29 is 13.2 Å². The van der Waals surface area contributed by atoms with Crippen LogP contribution < -0.4 is 4.80 Å². The second-order valence-corrected chi connectivity index (χ2v) is 10.9. The zero-order chi connectivity index (χ0) is 22.3. The molecular formula is C24H23N3O3S2. The average molecular weight is 466 g/mol. The van der Waals surface area contributed by atoms with Crippen LogP contribution in [-0.2, 0) is 17.1 Å². The molecule has 1 fully saturated rings. The predicted molar refractivity (Wildman–Crippen MR) is 127 cm³/mol. The molecule has 0 aliphatic carbocycles. The number of nitrogens with zero attached hydrogens (tertiary/aromatic N) is 3. The third kappa shape index (κ3) is 3.68. The number of carbonyl (C=O) groups excluding carboxylic acids is 1. The number of hydrogen-bond donors (Lipinski definition) is 0. The van der Waals surface area contributed by atoms with Crippen molar-refractivity contribution in [3.05, 3.63) is 71.0 Å². The van der Waals surface area contributed by atoms with Gasteiger partial charge >= 0.3 is 0 Å². The molecule has 0 unspecified atom stereocenters. The zero-order valence-electron chi connectivity index (χ0n) is 17.7. The first-order chi connectivity index (χ1) is 15.4. The number of aromatic nitrogens is 1. The zero-order valence-corrected chi connectivity index (χ0v) is 19.3. The number of aryl methyl sites for hydroxylation is 1. The van der Waals surface area contributed by atoms with E-state index in [2.05, 4.69) is 23.2 Å². The molecule has 1 saturated heterocycles. The predicted octanol–water partition coefficient (Wildman–Crippen LogP) is 4.31. The number of benzene rings is 3. The molecule has 1 aliphatic heterocycles. The van der Waals surface area contributed by atoms with Crippen LogP contribution in [0.3, 0.4) is 0 Å². The van der Waals surface area contributed by atoms with E-state index in [4.69, 9.17) is 0 Å². The lowest BCUT2D eigenvalue weighted by molar-refractivity contribution is 0.0998. The fourth-order valence-electron chi connectivity index (χ4n) is 4.20. The number of thiazole rings is 1. The minimum Gasteiger partial charge on any atom is -0.319 e. The number of carbonyl (C=O) groups is 1. The number of piperidine rings is 1. The summed E-state index contributed by atoms with van der Waals surface area (Å²) in [5, 5.41) is 2.25. The van der Waals surface area contributed by atoms with E-state index in [1.165, 1.54) is 27.8 Å². The Kier molecular flexibility index (Phi) is 5.44. The lowest BCUT2D eigenvalue weighted by Gasteiger charge is -2.25. The molecule has 1 aliphatic rings. The van der Waals surface area contributed by atoms with Crippen LogP contribution in [-0.4, -0.2) is 36.3 Å². The Morgan fingerprint density at radius 1 is 0.938 bits per heavy atom. The number of rotatable bonds is 3. The maximum Gasteiger partial charge on any atom is 0.279 e. The van der Waals surface area contributed by atoms with Gasteiger partial charge in [-0.05, 0) is 48.6 Å². The summed E-state index contributed by atoms with van der Waals surface area (Å²) in [4.78, 5) is 18.0. The molecule has 4 aromatic rings. The number of hydrogen-bond acceptors (Lipinski definition) is 4. The van der Waals surface area contributed by atoms with Gasteiger partial charge in [-0.3, -0.25) is 4.79 Å². The van der Waals surface area contributed by atoms with Crippen LogP contribution in [0.1, 0.15) is 29.6 Å². The molecular weight excluding hydrogens is 442 g/mol. The van der Waals surface area contributed by atoms with Crippen LogP contribution in [0.15, 0.2) is 70.6 Å². The van der Waals surface area contributed by atoms with Crippen LogP contribution in [0.4, 0.5) is 0 Å². The van der Waals surface area contributed by atoms with Gasteiger partial charge in [0.05, 0.1) is 15.1 Å². The average Bonchev–Trinajstić information content (AvgIpc) is 3.15. The summed E-state index contributed by atoms with van der Waals surface area (Å²) in [6.45, 7) is 1.10. The maximum absolute atomic E-state index is 12.8. The summed E-state index contributed by atoms with van der Waals surface area (Å²) in [6, 6.07) is 18.4. The van der Waals surface area contributed by atoms with Crippen molar-refractivity contribution in [1.82, 2.24) is 8.87 Å². The first kappa shape index (κ1) is 21.1. The SMILES string of the molecule is Cn1c(=NC(=O)c2ccc(S(=O)(=O)N3CCCCC3)cc2)sc2ccc3ccccc3c21. The van der Waals surface area contributed by atoms with Gasteiger partial charge in [-0.2, -0.15) is 9.30 Å². The van der Waals surface area contributed by atoms with Crippen LogP contribution >= 0.6 is 11.3 Å². The molecule has 8 heteroatoms. The van der Waals surface area contributed by atoms with Gasteiger partial charge in [0.25, 0.3) is 5.91 Å². The third-order valence-corrected chi connectivity index (χ3v) is 8.95. The molecule has 0 radical (unpaired) electrons. The third-order valence-electron chi connectivity index (χ3n) is 5.94. The molecule has 3 aromatic carbocycles. The van der Waals surface area contributed by atoms with Crippen LogP contribution in [0.5, 0.6) is 0 Å². The van der Waals surface area contributed by atoms with Gasteiger partial charge < -0.3 is 4.57 Å². The summed E-state index contributed by atoms with van der Waals surface area (Å²) in [5.41, 5.74) is 1.41. The normalized spacial score (nSPS) is 16.1. The highest BCUT2D eigenvalue weighted by atomic mass is 32.2. The molecule has 0 spiro atoms. The molecule has 164 valence electrons. The highest BCUT2D eigenvalue weighted by Gasteiger charge is 2.26. The van der Waals surface area contributed by atoms with Gasteiger partial charge in [-0.15, -0.1) is 0 Å². The summed E-state index contributed by atoms with van der Waals surface area (Å²) in [5.74, 6) is -0.390. The van der Waals surface area contributed by atoms with Gasteiger partial charge in [0, 0.05) is 31.1 Å². The monoisotopic (exact) mass is 465 g/mol. The van der Waals surface area contributed by atoms with E-state index in [-0.39, 0.29) is 4.90 Å². The van der Waals surface area contributed by atoms with E-state index >= 15 is 0 Å². The Hall–Kier alpha value is -2.81. The van der Waals surface area contributed by atoms with Crippen LogP contribution in [0.2, 0.25) is 0 Å². The summed E-state index contributed by atoms with van der Waals surface area (Å²) < 4.78 is 30.2. The second-order valence-electron chi connectivity index (χ2n) is 7.98. The highest BCUT2D eigenvalue weighted by molar-refractivity contribution is 7.89. The first-order valence-corrected chi connectivity index (χ1v) is 12.9. The standard InChI is InChI=1S/C24H23N3O3S2/c1-26-22-20-8-4-3-7-17(20)11-14-21(22)31-24(26)25-23(28)18-9-12-19(13-10-18)32(29,30)27-15-5-2-6-16-27/h3-4,7-14H,2,5-6,15-16H2,1H3. The molecule has 1 aromatic heterocycles. The van der Waals surface area contributed by atoms with Crippen LogP contribution in [0.25, 0.3) is 21.0 Å². The first-order valence-electron chi connectivity index (χ1n) is 10.6. The minimum absolute atomic E-state index is 0.217. The molecule has 0 N–H and O–H groups in total. The van der Waals surface area contributed by atoms with E-state index in [1.54, 1.807) is 12.1 Å². The molecule has 1 amide bonds. The molecule has 2 heterocycles. The van der Waals surface area contributed by atoms with Crippen molar-refractivity contribution in [2.24, 2.45) is 12.0 Å². The number of amides is 1. The highest BCUT2D eigenvalue weighted by Crippen LogP contribution is 2.26. The topological polar surface area (TPSA) is 71.7 Å². The lowest BCUT2D eigenvalue weighted by Crippen LogP contribution is -2.35. The van der Waals surface area contributed by atoms with E-state index in [0.717, 1.165) is 40.3 Å². The van der Waals surface area contributed by atoms with Gasteiger partial charge in [0.1, 0.15) is 0 Å². The Morgan fingerprint density at radius 2 is 1.66 bits per heavy atom. The van der Waals surface area contributed by atoms with E-state index < -0.39 is 15.9 Å². The second kappa shape index (κ2) is 8.27. The van der Waals surface area contributed by atoms with E-state index in [9.17, 15) is 13.2 Å². The molecule has 6 nitrogen and oxygen atoms in total. The maximum atomic E-state index is 12.8. The Labute approximate surface area is 190 Å². The largest absolute Gasteiger partial charge is 0.319 e. The molecule has 0 bridgehead atoms. The summed E-state index contributed by atoms with van der Waals surface area (Å²) in [7, 11) is -1.61. The molecule has 0 atom stereocenters. The quantitative estimate of drug-likeness (QED) is 0.453. The smallest absolute Gasteiger partial charge is 0.279 e. The summed E-state index contributed by atoms with van der Waals surface area (Å²) >= 11 is 1.46. The summed E-state index contributed by atoms with van der Waals surface area (Å²) in [6.07, 6.45) is 2.83. The Morgan fingerprint density at radius 3 is 2.41 bits per heavy atom. The fourth-order valence-corrected chi connectivity index (χ4v) is 6.75. The lowest BCUT2D eigenvalue weighted by atomic mass is 10.1. The van der Waals surface area contributed by atoms with Crippen molar-refractivity contribution in [3.63, 3.8) is 0 Å². The van der Waals surface area contributed by atoms with Crippen molar-refractivity contribution in [1.29, 1.82) is 0 Å². The van der Waals surface area contributed by atoms with Gasteiger partial charge in [-0.25, -0.2) is 8.42 Å². The number of fused-ring (bicyclic) bond motifs is 3. The Balaban J connectivity index is 1.48. The van der Waals surface area contributed by atoms with Crippen molar-refractivity contribution in [2.45, 2.75) is 24.2 Å². The molecule has 5 rings (SSSR count). The fraction of sp³-hybridized carbons (Fsp3) is 0.250. The van der Waals surface area contributed by atoms with Gasteiger partial charge in [0.15, 0.2) is 4.80 Å². The molecule has 32 heavy (non-hydrogen) atoms. The van der Waals surface area contributed by atoms with Crippen molar-refractivity contribution in [2.75, 3.05) is 13.1 Å². The van der Waals surface area contributed by atoms with Gasteiger partial charge in [-0.1, -0.05) is 48.1 Å². The minimum atomic E-state index is -3.52. The van der Waals surface area contributed by atoms with Crippen LogP contribution in [0, 0.1) is 0 Å². The van der Waals surface area contributed by atoms with E-state index in [1.807, 2.05) is 29.8 Å². The van der Waals surface area contributed by atoms with E-state index in [0.29, 0.717) is 23.5 Å². The van der Waals surface area contributed by atoms with Gasteiger partial charge in [0.2, 0.25) is 10.0 Å². The van der Waals surface area contributed by atoms with Crippen molar-refractivity contribution >= 4 is 48.3 Å². The Bertz CT molecular complexity index is 1490. The number of sulfonamides is 1. The van der Waals surface area contributed by atoms with Crippen molar-refractivity contribution in [3.8, 4) is 0 Å². The molecule has 0 saturated carbocycles.